The van der Waals surface area contributed by atoms with Crippen LogP contribution in [0.4, 0.5) is 0 Å². The van der Waals surface area contributed by atoms with Crippen molar-refractivity contribution in [3.63, 3.8) is 0 Å². The van der Waals surface area contributed by atoms with Gasteiger partial charge in [0.1, 0.15) is 51.7 Å². The van der Waals surface area contributed by atoms with Crippen LogP contribution in [0.3, 0.4) is 0 Å². The maximum atomic E-state index is 6.04. The van der Waals surface area contributed by atoms with Crippen molar-refractivity contribution in [2.45, 2.75) is 193 Å². The van der Waals surface area contributed by atoms with Crippen molar-refractivity contribution in [3.8, 4) is 63.2 Å². The van der Waals surface area contributed by atoms with Gasteiger partial charge in [0.2, 0.25) is 0 Å². The molecule has 18 nitrogen and oxygen atoms in total. The molecule has 7 heterocycles. The molecular formula is C98H123Cl2Cs7O18S7. The Bertz CT molecular complexity index is 4400. The maximum Gasteiger partial charge on any atom is 1.00 e. The summed E-state index contributed by atoms with van der Waals surface area (Å²) in [6.07, 6.45) is 8.27. The van der Waals surface area contributed by atoms with Gasteiger partial charge in [-0.15, -0.1) is 41.4 Å². The van der Waals surface area contributed by atoms with Gasteiger partial charge in [0.25, 0.3) is 0 Å². The number of hydrogen-bond acceptors (Lipinski definition) is 25. The second-order valence-electron chi connectivity index (χ2n) is 30.2. The van der Waals surface area contributed by atoms with Crippen LogP contribution >= 0.6 is 106 Å². The smallest absolute Gasteiger partial charge is 0.542 e. The molecule has 8 aromatic carbocycles. The number of thioether (sulfide) groups is 7. The van der Waals surface area contributed by atoms with Crippen molar-refractivity contribution >= 4 is 106 Å². The fourth-order valence-corrected chi connectivity index (χ4v) is 21.6. The van der Waals surface area contributed by atoms with Crippen molar-refractivity contribution in [1.82, 2.24) is 0 Å². The van der Waals surface area contributed by atoms with E-state index in [9.17, 15) is 0 Å². The molecule has 686 valence electrons. The maximum absolute atomic E-state index is 6.04. The van der Waals surface area contributed by atoms with E-state index in [0.29, 0.717) is 83.6 Å². The largest absolute Gasteiger partial charge is 1.00 e. The van der Waals surface area contributed by atoms with Crippen molar-refractivity contribution < 1.29 is 568 Å². The van der Waals surface area contributed by atoms with Gasteiger partial charge in [0.15, 0.2) is 11.5 Å². The summed E-state index contributed by atoms with van der Waals surface area (Å²) in [5.74, 6) is 12.6. The summed E-state index contributed by atoms with van der Waals surface area (Å²) < 4.78 is 98.5. The van der Waals surface area contributed by atoms with Crippen LogP contribution in [0.1, 0.15) is 120 Å². The van der Waals surface area contributed by atoms with Crippen LogP contribution in [0.25, 0.3) is 0 Å². The normalized spacial score (nSPS) is 22.0. The van der Waals surface area contributed by atoms with Crippen molar-refractivity contribution in [2.75, 3.05) is 76.2 Å². The SMILES string of the molecule is CCOc1cc(OCC)cc(SC2C[C@@H](C)[CH-]O2)c1.CCOc1cc(SC2C[C@@H](C)[CH-]O2)ccc1Cl.COc1cc(OC)cc(SC2C[C@@H](C)[CH-]O2)c1.COc1cc(SC2C[C@@H](C)[CH-]O2)ccc1Cl.COc1ccc(SC2C[C@@H](C)[CH-]O2)cc1OC.COc1cccc(OC)c1SC1C[C@@H](C)[CH-]O1.C[C@H]1[CH-]OC(Sc2cccc(OCCc3ccccc3)c2)C1.[Cs+].[Cs+].[Cs+].[Cs+].[Cs+].[Cs+].[Cs+]. The third-order valence-electron chi connectivity index (χ3n) is 19.2. The molecule has 0 aromatic heterocycles. The minimum Gasteiger partial charge on any atom is -0.542 e. The fraction of sp³-hybridized carbons (Fsp3) is 0.439. The van der Waals surface area contributed by atoms with Crippen molar-refractivity contribution in [1.29, 1.82) is 0 Å². The van der Waals surface area contributed by atoms with Crippen LogP contribution in [0.15, 0.2) is 198 Å². The molecule has 0 bridgehead atoms. The van der Waals surface area contributed by atoms with E-state index in [1.165, 1.54) is 10.5 Å². The summed E-state index contributed by atoms with van der Waals surface area (Å²) >= 11 is 24.0. The Labute approximate surface area is 1240 Å². The van der Waals surface area contributed by atoms with Gasteiger partial charge in [-0.2, -0.15) is 0 Å². The van der Waals surface area contributed by atoms with Crippen LogP contribution in [0.5, 0.6) is 63.2 Å². The molecule has 0 spiro atoms. The summed E-state index contributed by atoms with van der Waals surface area (Å²) in [4.78, 5) is 7.82. The molecule has 7 aliphatic heterocycles. The minimum absolute atomic E-state index is 0. The molecule has 132 heavy (non-hydrogen) atoms. The van der Waals surface area contributed by atoms with E-state index in [1.807, 2.05) is 194 Å². The van der Waals surface area contributed by atoms with E-state index in [1.54, 1.807) is 132 Å². The summed E-state index contributed by atoms with van der Waals surface area (Å²) in [5.41, 5.74) is 2.70. The van der Waals surface area contributed by atoms with Crippen molar-refractivity contribution in [3.05, 3.63) is 226 Å². The molecule has 7 aliphatic rings. The second-order valence-corrected chi connectivity index (χ2v) is 39.6. The first-order valence-corrected chi connectivity index (χ1v) is 49.1. The number of benzene rings is 8. The van der Waals surface area contributed by atoms with Crippen LogP contribution in [0.2, 0.25) is 10.0 Å². The van der Waals surface area contributed by atoms with Crippen molar-refractivity contribution in [2.24, 2.45) is 41.4 Å². The zero-order valence-electron chi connectivity index (χ0n) is 81.7. The molecule has 14 atom stereocenters. The van der Waals surface area contributed by atoms with E-state index in [2.05, 4.69) is 84.9 Å². The number of halogens is 2. The summed E-state index contributed by atoms with van der Waals surface area (Å²) in [6.45, 7) is 37.1. The molecule has 0 saturated carbocycles. The van der Waals surface area contributed by atoms with E-state index in [0.717, 1.165) is 138 Å². The Morgan fingerprint density at radius 3 is 0.939 bits per heavy atom. The van der Waals surface area contributed by atoms with Crippen LogP contribution < -0.4 is 534 Å². The van der Waals surface area contributed by atoms with E-state index < -0.39 is 0 Å². The first kappa shape index (κ1) is 137. The average molecular weight is 2810 g/mol. The standard InChI is InChI=1S/C19H21O2S.C15H21O3S.C13H16ClO2S.3C13H17O3S.C12H14ClO2S.7Cs/c1-15-12-19(21-14-15)22-18-9-5-8-17(13-18)20-11-10-16-6-3-2-4-7-16;1-4-16-12-7-13(17-5-2)9-14(8-12)19-15-6-11(3)10-18-15;1-3-15-12-7-10(4-5-11(12)14)17-13-6-9(2)8-16-13;1-9-4-13(16-8-9)17-12-6-10(14-2)5-11(7-12)15-3;1-9-6-13(16-8-9)17-10-4-5-11(14-2)12(7-10)15-3;1-9-7-12(16-8-9)17-13-10(14-2)5-4-6-11(13)15-3;1-8-5-12(15-7-8)16-9-3-4-10(13)11(6-9)14-2;;;;;;;/h2-9,13-15,19H,10-12H2,1H3;7-11,15H,4-6H2,1-3H3;4-5,7-9,13H,3,6H2,1-2H3;5-9,13H,4H2,1-3H3;4-5,7-9,13H,6H2,1-3H3;4-6,8-9,12H,7H2,1-3H3;3-4,6-8,12H,5H2,1-2H3;;;;;;;/q7*-1;7*+1/t15-,19?;11-,15?;3*9-,13?;9-,12?;8-,12?;;;;;;;/m1111111......./s1. The topological polar surface area (TPSA) is 166 Å². The van der Waals surface area contributed by atoms with Crippen LogP contribution in [-0.2, 0) is 39.6 Å². The van der Waals surface area contributed by atoms with Gasteiger partial charge < -0.3 is 85.3 Å². The summed E-state index contributed by atoms with van der Waals surface area (Å²) in [6, 6.07) is 53.9. The first-order valence-electron chi connectivity index (χ1n) is 42.2. The van der Waals surface area contributed by atoms with E-state index in [-0.39, 0.29) is 520 Å². The zero-order valence-corrected chi connectivity index (χ0v) is 133. The monoisotopic (exact) mass is 2810 g/mol. The molecule has 7 fully saturated rings. The Balaban J connectivity index is 0.000000518. The Kier molecular flexibility index (Phi) is 81.6. The predicted octanol–water partition coefficient (Wildman–Crippen LogP) is 6.47. The molecule has 0 aliphatic carbocycles. The second kappa shape index (κ2) is 78.8. The molecule has 0 amide bonds. The molecular weight excluding hydrogens is 2690 g/mol. The number of ether oxygens (including phenoxy) is 18. The van der Waals surface area contributed by atoms with Gasteiger partial charge in [-0.25, -0.2) is 46.2 Å². The molecule has 7 unspecified atom stereocenters. The third-order valence-corrected chi connectivity index (χ3v) is 27.6. The molecule has 7 saturated heterocycles. The summed E-state index contributed by atoms with van der Waals surface area (Å²) in [7, 11) is 11.6. The molecule has 0 N–H and O–H groups in total. The molecule has 8 aromatic rings. The molecule has 34 heteroatoms. The van der Waals surface area contributed by atoms with Gasteiger partial charge in [-0.05, 0) is 180 Å². The first-order chi connectivity index (χ1) is 60.5. The van der Waals surface area contributed by atoms with Gasteiger partial charge in [-0.1, -0.05) is 196 Å². The van der Waals surface area contributed by atoms with E-state index >= 15 is 0 Å². The molecule has 15 rings (SSSR count). The van der Waals surface area contributed by atoms with Gasteiger partial charge in [0.05, 0.1) is 129 Å². The summed E-state index contributed by atoms with van der Waals surface area (Å²) in [5, 5.41) is 1.29. The number of rotatable bonds is 31. The fourth-order valence-electron chi connectivity index (χ4n) is 12.9. The third kappa shape index (κ3) is 52.5. The Hall–Kier alpha value is 8.67. The quantitative estimate of drug-likeness (QED) is 0.0434. The van der Waals surface area contributed by atoms with Crippen LogP contribution in [-0.4, -0.2) is 114 Å². The van der Waals surface area contributed by atoms with Gasteiger partial charge in [-0.3, -0.25) is 0 Å². The Morgan fingerprint density at radius 2 is 0.583 bits per heavy atom. The van der Waals surface area contributed by atoms with Crippen LogP contribution in [0, 0.1) is 87.7 Å². The van der Waals surface area contributed by atoms with Gasteiger partial charge in [0, 0.05) is 47.9 Å². The van der Waals surface area contributed by atoms with Gasteiger partial charge >= 0.3 is 482 Å². The number of methoxy groups -OCH3 is 7. The zero-order chi connectivity index (χ0) is 89.4. The molecule has 0 radical (unpaired) electrons. The predicted molar refractivity (Wildman–Crippen MR) is 512 cm³/mol. The number of hydrogen-bond donors (Lipinski definition) is 0. The van der Waals surface area contributed by atoms with E-state index in [4.69, 9.17) is 108 Å². The minimum atomic E-state index is 0. The Morgan fingerprint density at radius 1 is 0.273 bits per heavy atom. The average Bonchev–Trinajstić information content (AvgIpc) is 1.51.